The Morgan fingerprint density at radius 2 is 1.91 bits per heavy atom. The second kappa shape index (κ2) is 7.80. The fourth-order valence-electron chi connectivity index (χ4n) is 4.12. The summed E-state index contributed by atoms with van der Waals surface area (Å²) in [7, 11) is 0. The highest BCUT2D eigenvalue weighted by Crippen LogP contribution is 2.37. The van der Waals surface area contributed by atoms with Crippen LogP contribution >= 0.6 is 15.9 Å². The van der Waals surface area contributed by atoms with Gasteiger partial charge < -0.3 is 4.90 Å². The standard InChI is InChI=1S/C19H27BrN2O/c1-2-8-19(23)22(16-9-4-3-5-10-16)18-14-15(20)13-17(18)21-11-6-7-12-21/h3-5,9-10,15,17-18H,2,6-8,11-14H2,1H3. The molecule has 0 bridgehead atoms. The molecule has 1 amide bonds. The van der Waals surface area contributed by atoms with Crippen LogP contribution in [0.25, 0.3) is 0 Å². The molecule has 3 unspecified atom stereocenters. The van der Waals surface area contributed by atoms with Gasteiger partial charge in [0, 0.05) is 23.0 Å². The van der Waals surface area contributed by atoms with Gasteiger partial charge in [0.25, 0.3) is 0 Å². The average Bonchev–Trinajstić information content (AvgIpc) is 3.18. The highest BCUT2D eigenvalue weighted by atomic mass is 79.9. The molecule has 0 spiro atoms. The van der Waals surface area contributed by atoms with Crippen LogP contribution in [0.1, 0.15) is 45.4 Å². The third kappa shape index (κ3) is 3.80. The number of carbonyl (C=O) groups excluding carboxylic acids is 1. The SMILES string of the molecule is CCCC(=O)N(c1ccccc1)C1CC(Br)CC1N1CCCC1. The molecule has 2 aliphatic rings. The van der Waals surface area contributed by atoms with Crippen LogP contribution in [0.2, 0.25) is 0 Å². The largest absolute Gasteiger partial charge is 0.308 e. The van der Waals surface area contributed by atoms with Gasteiger partial charge in [0.1, 0.15) is 0 Å². The number of carbonyl (C=O) groups is 1. The van der Waals surface area contributed by atoms with E-state index in [0.717, 1.165) is 24.9 Å². The number of hydrogen-bond acceptors (Lipinski definition) is 2. The molecule has 23 heavy (non-hydrogen) atoms. The minimum absolute atomic E-state index is 0.273. The van der Waals surface area contributed by atoms with Gasteiger partial charge in [-0.2, -0.15) is 0 Å². The van der Waals surface area contributed by atoms with Crippen molar-refractivity contribution in [1.82, 2.24) is 4.90 Å². The molecule has 3 atom stereocenters. The Kier molecular flexibility index (Phi) is 5.76. The van der Waals surface area contributed by atoms with Gasteiger partial charge in [0.15, 0.2) is 0 Å². The van der Waals surface area contributed by atoms with Crippen LogP contribution in [0.5, 0.6) is 0 Å². The summed E-state index contributed by atoms with van der Waals surface area (Å²) < 4.78 is 0. The Labute approximate surface area is 148 Å². The molecule has 0 radical (unpaired) electrons. The molecule has 2 fully saturated rings. The summed E-state index contributed by atoms with van der Waals surface area (Å²) in [6, 6.07) is 11.0. The Balaban J connectivity index is 1.89. The van der Waals surface area contributed by atoms with Crippen molar-refractivity contribution in [3.63, 3.8) is 0 Å². The van der Waals surface area contributed by atoms with Gasteiger partial charge in [-0.3, -0.25) is 9.69 Å². The van der Waals surface area contributed by atoms with E-state index in [1.807, 2.05) is 18.2 Å². The molecule has 3 rings (SSSR count). The number of para-hydroxylation sites is 1. The van der Waals surface area contributed by atoms with Gasteiger partial charge >= 0.3 is 0 Å². The smallest absolute Gasteiger partial charge is 0.227 e. The number of alkyl halides is 1. The quantitative estimate of drug-likeness (QED) is 0.716. The maximum atomic E-state index is 12.9. The van der Waals surface area contributed by atoms with Crippen molar-refractivity contribution in [2.45, 2.75) is 62.4 Å². The third-order valence-electron chi connectivity index (χ3n) is 5.15. The van der Waals surface area contributed by atoms with Crippen molar-refractivity contribution in [2.24, 2.45) is 0 Å². The first kappa shape index (κ1) is 17.0. The molecule has 0 aromatic heterocycles. The van der Waals surface area contributed by atoms with Crippen LogP contribution in [0.15, 0.2) is 30.3 Å². The van der Waals surface area contributed by atoms with E-state index in [2.05, 4.69) is 44.8 Å². The molecule has 3 nitrogen and oxygen atoms in total. The zero-order valence-corrected chi connectivity index (χ0v) is 15.5. The topological polar surface area (TPSA) is 23.6 Å². The Morgan fingerprint density at radius 3 is 2.57 bits per heavy atom. The number of rotatable bonds is 5. The van der Waals surface area contributed by atoms with E-state index in [1.165, 1.54) is 25.9 Å². The molecule has 0 N–H and O–H groups in total. The highest BCUT2D eigenvalue weighted by molar-refractivity contribution is 9.09. The molecule has 126 valence electrons. The van der Waals surface area contributed by atoms with Crippen LogP contribution in [-0.4, -0.2) is 40.8 Å². The van der Waals surface area contributed by atoms with E-state index in [-0.39, 0.29) is 5.91 Å². The van der Waals surface area contributed by atoms with E-state index in [9.17, 15) is 4.79 Å². The molecule has 1 aliphatic heterocycles. The molecule has 1 aliphatic carbocycles. The number of benzene rings is 1. The lowest BCUT2D eigenvalue weighted by Gasteiger charge is -2.37. The number of halogens is 1. The summed E-state index contributed by atoms with van der Waals surface area (Å²) in [5.41, 5.74) is 1.06. The van der Waals surface area contributed by atoms with Crippen molar-refractivity contribution in [2.75, 3.05) is 18.0 Å². The summed E-state index contributed by atoms with van der Waals surface area (Å²) in [6.45, 7) is 4.46. The Morgan fingerprint density at radius 1 is 1.22 bits per heavy atom. The highest BCUT2D eigenvalue weighted by Gasteiger charge is 2.42. The first-order valence-electron chi connectivity index (χ1n) is 8.96. The summed E-state index contributed by atoms with van der Waals surface area (Å²) in [5, 5.41) is 0. The first-order chi connectivity index (χ1) is 11.2. The van der Waals surface area contributed by atoms with Crippen LogP contribution < -0.4 is 4.90 Å². The molecule has 1 aromatic rings. The van der Waals surface area contributed by atoms with Crippen molar-refractivity contribution >= 4 is 27.5 Å². The molecule has 1 aromatic carbocycles. The molecule has 1 saturated carbocycles. The normalized spacial score (nSPS) is 28.2. The second-order valence-electron chi connectivity index (χ2n) is 6.80. The zero-order valence-electron chi connectivity index (χ0n) is 14.0. The molecule has 1 saturated heterocycles. The monoisotopic (exact) mass is 378 g/mol. The van der Waals surface area contributed by atoms with Gasteiger partial charge in [0.2, 0.25) is 5.91 Å². The van der Waals surface area contributed by atoms with E-state index in [1.54, 1.807) is 0 Å². The van der Waals surface area contributed by atoms with Gasteiger partial charge in [0.05, 0.1) is 6.04 Å². The average molecular weight is 379 g/mol. The van der Waals surface area contributed by atoms with Gasteiger partial charge in [-0.1, -0.05) is 41.1 Å². The lowest BCUT2D eigenvalue weighted by atomic mass is 10.1. The first-order valence-corrected chi connectivity index (χ1v) is 9.87. The van der Waals surface area contributed by atoms with Crippen LogP contribution in [0.3, 0.4) is 0 Å². The molecule has 4 heteroatoms. The number of hydrogen-bond donors (Lipinski definition) is 0. The van der Waals surface area contributed by atoms with Gasteiger partial charge in [-0.15, -0.1) is 0 Å². The lowest BCUT2D eigenvalue weighted by molar-refractivity contribution is -0.119. The van der Waals surface area contributed by atoms with Gasteiger partial charge in [-0.05, 0) is 57.3 Å². The molecular formula is C19H27BrN2O. The number of amides is 1. The van der Waals surface area contributed by atoms with Crippen molar-refractivity contribution < 1.29 is 4.79 Å². The molecule has 1 heterocycles. The van der Waals surface area contributed by atoms with Crippen molar-refractivity contribution in [3.05, 3.63) is 30.3 Å². The predicted molar refractivity (Wildman–Crippen MR) is 99.2 cm³/mol. The summed E-state index contributed by atoms with van der Waals surface area (Å²) in [5.74, 6) is 0.273. The zero-order chi connectivity index (χ0) is 16.2. The van der Waals surface area contributed by atoms with Gasteiger partial charge in [-0.25, -0.2) is 0 Å². The van der Waals surface area contributed by atoms with Crippen LogP contribution in [0.4, 0.5) is 5.69 Å². The summed E-state index contributed by atoms with van der Waals surface area (Å²) in [6.07, 6.45) is 6.32. The second-order valence-corrected chi connectivity index (χ2v) is 8.09. The molecular weight excluding hydrogens is 352 g/mol. The summed E-state index contributed by atoms with van der Waals surface area (Å²) in [4.78, 5) is 18.1. The fourth-order valence-corrected chi connectivity index (χ4v) is 4.89. The summed E-state index contributed by atoms with van der Waals surface area (Å²) >= 11 is 3.83. The van der Waals surface area contributed by atoms with Crippen molar-refractivity contribution in [1.29, 1.82) is 0 Å². The maximum Gasteiger partial charge on any atom is 0.227 e. The predicted octanol–water partition coefficient (Wildman–Crippen LogP) is 4.21. The van der Waals surface area contributed by atoms with E-state index in [0.29, 0.717) is 23.3 Å². The minimum atomic E-state index is 0.273. The number of nitrogens with zero attached hydrogens (tertiary/aromatic N) is 2. The van der Waals surface area contributed by atoms with Crippen LogP contribution in [-0.2, 0) is 4.79 Å². The lowest BCUT2D eigenvalue weighted by Crippen LogP contribution is -2.50. The Bertz CT molecular complexity index is 515. The Hall–Kier alpha value is -0.870. The third-order valence-corrected chi connectivity index (χ3v) is 5.89. The minimum Gasteiger partial charge on any atom is -0.308 e. The maximum absolute atomic E-state index is 12.9. The van der Waals surface area contributed by atoms with E-state index >= 15 is 0 Å². The fraction of sp³-hybridized carbons (Fsp3) is 0.632. The van der Waals surface area contributed by atoms with Crippen molar-refractivity contribution in [3.8, 4) is 0 Å². The van der Waals surface area contributed by atoms with E-state index in [4.69, 9.17) is 0 Å². The number of anilines is 1. The number of likely N-dealkylation sites (tertiary alicyclic amines) is 1. The van der Waals surface area contributed by atoms with Crippen LogP contribution in [0, 0.1) is 0 Å². The van der Waals surface area contributed by atoms with E-state index < -0.39 is 0 Å².